The molecule has 1 aromatic rings. The summed E-state index contributed by atoms with van der Waals surface area (Å²) in [4.78, 5) is 16.9. The highest BCUT2D eigenvalue weighted by Gasteiger charge is 1.88. The SMILES string of the molecule is Cc1ncc(C=CCC=O)[nH]1. The predicted molar refractivity (Wildman–Crippen MR) is 43.0 cm³/mol. The van der Waals surface area contributed by atoms with Crippen LogP contribution in [-0.2, 0) is 4.79 Å². The number of aryl methyl sites for hydroxylation is 1. The summed E-state index contributed by atoms with van der Waals surface area (Å²) < 4.78 is 0. The average Bonchev–Trinajstić information content (AvgIpc) is 2.37. The highest BCUT2D eigenvalue weighted by molar-refractivity contribution is 5.56. The second-order valence-electron chi connectivity index (χ2n) is 2.23. The highest BCUT2D eigenvalue weighted by atomic mass is 16.1. The number of nitrogens with zero attached hydrogens (tertiary/aromatic N) is 1. The lowest BCUT2D eigenvalue weighted by molar-refractivity contribution is -0.107. The van der Waals surface area contributed by atoms with Gasteiger partial charge in [-0.05, 0) is 13.0 Å². The summed E-state index contributed by atoms with van der Waals surface area (Å²) in [5.41, 5.74) is 0.935. The van der Waals surface area contributed by atoms with E-state index < -0.39 is 0 Å². The maximum Gasteiger partial charge on any atom is 0.123 e. The zero-order valence-electron chi connectivity index (χ0n) is 6.37. The first-order chi connectivity index (χ1) is 5.33. The lowest BCUT2D eigenvalue weighted by Crippen LogP contribution is -1.72. The van der Waals surface area contributed by atoms with Crippen LogP contribution in [0.2, 0.25) is 0 Å². The van der Waals surface area contributed by atoms with Crippen molar-refractivity contribution in [1.82, 2.24) is 9.97 Å². The van der Waals surface area contributed by atoms with Gasteiger partial charge in [-0.3, -0.25) is 0 Å². The molecule has 0 spiro atoms. The molecular weight excluding hydrogens is 140 g/mol. The minimum absolute atomic E-state index is 0.456. The molecule has 1 rings (SSSR count). The molecule has 0 aliphatic carbocycles. The van der Waals surface area contributed by atoms with E-state index >= 15 is 0 Å². The Morgan fingerprint density at radius 3 is 3.09 bits per heavy atom. The Morgan fingerprint density at radius 2 is 2.55 bits per heavy atom. The number of aldehydes is 1. The van der Waals surface area contributed by atoms with Crippen LogP contribution in [0.15, 0.2) is 12.3 Å². The van der Waals surface area contributed by atoms with Crippen molar-refractivity contribution in [2.75, 3.05) is 0 Å². The lowest BCUT2D eigenvalue weighted by atomic mass is 10.3. The summed E-state index contributed by atoms with van der Waals surface area (Å²) in [6, 6.07) is 0. The van der Waals surface area contributed by atoms with Gasteiger partial charge in [-0.2, -0.15) is 0 Å². The summed E-state index contributed by atoms with van der Waals surface area (Å²) in [5, 5.41) is 0. The molecule has 58 valence electrons. The van der Waals surface area contributed by atoms with E-state index in [2.05, 4.69) is 9.97 Å². The van der Waals surface area contributed by atoms with Crippen molar-refractivity contribution in [1.29, 1.82) is 0 Å². The maximum absolute atomic E-state index is 9.92. The van der Waals surface area contributed by atoms with Crippen LogP contribution < -0.4 is 0 Å². The average molecular weight is 150 g/mol. The van der Waals surface area contributed by atoms with Crippen molar-refractivity contribution in [3.8, 4) is 0 Å². The Balaban J connectivity index is 2.56. The molecule has 0 radical (unpaired) electrons. The summed E-state index contributed by atoms with van der Waals surface area (Å²) in [7, 11) is 0. The second-order valence-corrected chi connectivity index (χ2v) is 2.23. The van der Waals surface area contributed by atoms with Crippen LogP contribution in [0.25, 0.3) is 6.08 Å². The van der Waals surface area contributed by atoms with Crippen molar-refractivity contribution < 1.29 is 4.79 Å². The van der Waals surface area contributed by atoms with E-state index in [9.17, 15) is 4.79 Å². The maximum atomic E-state index is 9.92. The quantitative estimate of drug-likeness (QED) is 0.660. The van der Waals surface area contributed by atoms with Crippen molar-refractivity contribution in [2.24, 2.45) is 0 Å². The Hall–Kier alpha value is -1.38. The number of hydrogen-bond acceptors (Lipinski definition) is 2. The van der Waals surface area contributed by atoms with Gasteiger partial charge in [-0.1, -0.05) is 6.08 Å². The molecule has 1 aromatic heterocycles. The van der Waals surface area contributed by atoms with Gasteiger partial charge in [0.25, 0.3) is 0 Å². The fourth-order valence-electron chi connectivity index (χ4n) is 0.775. The van der Waals surface area contributed by atoms with Crippen LogP contribution in [0.1, 0.15) is 17.9 Å². The van der Waals surface area contributed by atoms with Crippen LogP contribution in [0, 0.1) is 6.92 Å². The van der Waals surface area contributed by atoms with Gasteiger partial charge in [0.05, 0.1) is 11.9 Å². The Kier molecular flexibility index (Phi) is 2.60. The number of imidazole rings is 1. The van der Waals surface area contributed by atoms with E-state index in [1.807, 2.05) is 13.0 Å². The number of aromatic nitrogens is 2. The first kappa shape index (κ1) is 7.72. The number of rotatable bonds is 3. The van der Waals surface area contributed by atoms with E-state index in [0.29, 0.717) is 6.42 Å². The number of nitrogens with one attached hydrogen (secondary N) is 1. The van der Waals surface area contributed by atoms with Gasteiger partial charge in [0.15, 0.2) is 0 Å². The van der Waals surface area contributed by atoms with Gasteiger partial charge >= 0.3 is 0 Å². The number of aromatic amines is 1. The van der Waals surface area contributed by atoms with Gasteiger partial charge in [0, 0.05) is 6.42 Å². The van der Waals surface area contributed by atoms with E-state index in [1.165, 1.54) is 0 Å². The van der Waals surface area contributed by atoms with Crippen molar-refractivity contribution in [2.45, 2.75) is 13.3 Å². The third kappa shape index (κ3) is 2.37. The van der Waals surface area contributed by atoms with E-state index in [-0.39, 0.29) is 0 Å². The van der Waals surface area contributed by atoms with Crippen LogP contribution in [0.3, 0.4) is 0 Å². The van der Waals surface area contributed by atoms with E-state index in [1.54, 1.807) is 12.3 Å². The molecule has 0 saturated heterocycles. The molecule has 0 unspecified atom stereocenters. The van der Waals surface area contributed by atoms with Crippen LogP contribution in [0.4, 0.5) is 0 Å². The Morgan fingerprint density at radius 1 is 1.73 bits per heavy atom. The predicted octanol–water partition coefficient (Wildman–Crippen LogP) is 1.32. The largest absolute Gasteiger partial charge is 0.343 e. The smallest absolute Gasteiger partial charge is 0.123 e. The molecule has 0 bridgehead atoms. The molecule has 0 amide bonds. The molecule has 0 saturated carbocycles. The van der Waals surface area contributed by atoms with Crippen LogP contribution >= 0.6 is 0 Å². The van der Waals surface area contributed by atoms with Crippen molar-refractivity contribution >= 4 is 12.4 Å². The van der Waals surface area contributed by atoms with Gasteiger partial charge in [-0.15, -0.1) is 0 Å². The number of allylic oxidation sites excluding steroid dienone is 1. The number of carbonyl (C=O) groups is 1. The summed E-state index contributed by atoms with van der Waals surface area (Å²) >= 11 is 0. The molecular formula is C8H10N2O. The monoisotopic (exact) mass is 150 g/mol. The highest BCUT2D eigenvalue weighted by Crippen LogP contribution is 1.98. The molecule has 1 N–H and O–H groups in total. The molecule has 0 aromatic carbocycles. The third-order valence-electron chi connectivity index (χ3n) is 1.25. The molecule has 0 aliphatic heterocycles. The van der Waals surface area contributed by atoms with Gasteiger partial charge < -0.3 is 9.78 Å². The van der Waals surface area contributed by atoms with Gasteiger partial charge in [0.1, 0.15) is 12.1 Å². The summed E-state index contributed by atoms with van der Waals surface area (Å²) in [5.74, 6) is 0.885. The van der Waals surface area contributed by atoms with Crippen molar-refractivity contribution in [3.63, 3.8) is 0 Å². The topological polar surface area (TPSA) is 45.8 Å². The number of H-pyrrole nitrogens is 1. The van der Waals surface area contributed by atoms with Crippen molar-refractivity contribution in [3.05, 3.63) is 23.8 Å². The molecule has 11 heavy (non-hydrogen) atoms. The molecule has 3 nitrogen and oxygen atoms in total. The second kappa shape index (κ2) is 3.71. The lowest BCUT2D eigenvalue weighted by Gasteiger charge is -1.81. The van der Waals surface area contributed by atoms with Crippen LogP contribution in [-0.4, -0.2) is 16.3 Å². The minimum atomic E-state index is 0.456. The molecule has 0 atom stereocenters. The summed E-state index contributed by atoms with van der Waals surface area (Å²) in [6.45, 7) is 1.89. The van der Waals surface area contributed by atoms with Gasteiger partial charge in [-0.25, -0.2) is 4.98 Å². The molecule has 1 heterocycles. The van der Waals surface area contributed by atoms with Crippen LogP contribution in [0.5, 0.6) is 0 Å². The zero-order valence-corrected chi connectivity index (χ0v) is 6.37. The summed E-state index contributed by atoms with van der Waals surface area (Å²) in [6.07, 6.45) is 6.68. The minimum Gasteiger partial charge on any atom is -0.343 e. The zero-order chi connectivity index (χ0) is 8.10. The molecule has 3 heteroatoms. The van der Waals surface area contributed by atoms with E-state index in [0.717, 1.165) is 17.8 Å². The molecule has 0 fully saturated rings. The number of carbonyl (C=O) groups excluding carboxylic acids is 1. The first-order valence-corrected chi connectivity index (χ1v) is 3.44. The number of hydrogen-bond donors (Lipinski definition) is 1. The standard InChI is InChI=1S/C8H10N2O/c1-7-9-6-8(10-7)4-2-3-5-11/h2,4-6H,3H2,1H3,(H,9,10). The first-order valence-electron chi connectivity index (χ1n) is 3.44. The molecule has 0 aliphatic rings. The normalized spacial score (nSPS) is 10.6. The fraction of sp³-hybridized carbons (Fsp3) is 0.250. The Labute approximate surface area is 65.2 Å². The third-order valence-corrected chi connectivity index (χ3v) is 1.25. The fourth-order valence-corrected chi connectivity index (χ4v) is 0.775. The van der Waals surface area contributed by atoms with E-state index in [4.69, 9.17) is 0 Å². The van der Waals surface area contributed by atoms with Gasteiger partial charge in [0.2, 0.25) is 0 Å². The Bertz CT molecular complexity index is 263.